The molecule has 2 rings (SSSR count). The lowest BCUT2D eigenvalue weighted by molar-refractivity contribution is 0.176. The van der Waals surface area contributed by atoms with Crippen molar-refractivity contribution in [1.29, 1.82) is 0 Å². The molecule has 1 aromatic rings. The van der Waals surface area contributed by atoms with Crippen molar-refractivity contribution in [2.75, 3.05) is 19.8 Å². The van der Waals surface area contributed by atoms with Gasteiger partial charge in [-0.05, 0) is 19.0 Å². The van der Waals surface area contributed by atoms with Crippen molar-refractivity contribution in [3.63, 3.8) is 0 Å². The van der Waals surface area contributed by atoms with Gasteiger partial charge in [-0.15, -0.1) is 0 Å². The Bertz CT molecular complexity index is 381. The Kier molecular flexibility index (Phi) is 4.62. The second-order valence-corrected chi connectivity index (χ2v) is 5.02. The summed E-state index contributed by atoms with van der Waals surface area (Å²) < 4.78 is 5.43. The van der Waals surface area contributed by atoms with Crippen LogP contribution in [0.4, 0.5) is 0 Å². The van der Waals surface area contributed by atoms with E-state index in [1.807, 2.05) is 0 Å². The quantitative estimate of drug-likeness (QED) is 0.917. The third kappa shape index (κ3) is 3.10. The van der Waals surface area contributed by atoms with Gasteiger partial charge in [-0.2, -0.15) is 0 Å². The number of nitrogens with one attached hydrogen (secondary N) is 1. The van der Waals surface area contributed by atoms with E-state index in [2.05, 4.69) is 17.2 Å². The van der Waals surface area contributed by atoms with Gasteiger partial charge in [-0.25, -0.2) is 0 Å². The van der Waals surface area contributed by atoms with Crippen molar-refractivity contribution in [3.05, 3.63) is 28.0 Å². The summed E-state index contributed by atoms with van der Waals surface area (Å²) in [4.78, 5) is 4.36. The zero-order valence-corrected chi connectivity index (χ0v) is 11.3. The van der Waals surface area contributed by atoms with E-state index in [0.717, 1.165) is 31.9 Å². The van der Waals surface area contributed by atoms with E-state index >= 15 is 0 Å². The number of pyridine rings is 1. The molecule has 1 saturated heterocycles. The van der Waals surface area contributed by atoms with Crippen molar-refractivity contribution in [2.24, 2.45) is 5.92 Å². The molecule has 17 heavy (non-hydrogen) atoms. The van der Waals surface area contributed by atoms with Gasteiger partial charge in [-0.3, -0.25) is 4.98 Å². The highest BCUT2D eigenvalue weighted by molar-refractivity contribution is 6.34. The second kappa shape index (κ2) is 6.01. The molecule has 1 aliphatic rings. The Balaban J connectivity index is 2.24. The van der Waals surface area contributed by atoms with E-state index in [1.165, 1.54) is 0 Å². The van der Waals surface area contributed by atoms with Crippen LogP contribution in [0.2, 0.25) is 10.0 Å². The number of aromatic nitrogens is 1. The first-order chi connectivity index (χ1) is 8.22. The van der Waals surface area contributed by atoms with Gasteiger partial charge in [0.05, 0.1) is 28.4 Å². The fourth-order valence-corrected chi connectivity index (χ4v) is 2.67. The molecule has 1 fully saturated rings. The van der Waals surface area contributed by atoms with Gasteiger partial charge < -0.3 is 10.1 Å². The van der Waals surface area contributed by atoms with Crippen molar-refractivity contribution in [1.82, 2.24) is 10.3 Å². The molecule has 5 heteroatoms. The lowest BCUT2D eigenvalue weighted by Crippen LogP contribution is -2.29. The van der Waals surface area contributed by atoms with E-state index < -0.39 is 0 Å². The molecule has 1 aliphatic heterocycles. The van der Waals surface area contributed by atoms with Crippen molar-refractivity contribution >= 4 is 23.2 Å². The minimum absolute atomic E-state index is 0.146. The predicted molar refractivity (Wildman–Crippen MR) is 69.6 cm³/mol. The molecule has 0 bridgehead atoms. The molecule has 0 aliphatic carbocycles. The number of halogens is 2. The number of ether oxygens (including phenoxy) is 1. The Morgan fingerprint density at radius 3 is 3.00 bits per heavy atom. The van der Waals surface area contributed by atoms with Crippen molar-refractivity contribution in [2.45, 2.75) is 19.4 Å². The van der Waals surface area contributed by atoms with Crippen LogP contribution >= 0.6 is 23.2 Å². The Hall–Kier alpha value is -0.350. The van der Waals surface area contributed by atoms with Crippen LogP contribution < -0.4 is 5.32 Å². The van der Waals surface area contributed by atoms with E-state index in [1.54, 1.807) is 12.3 Å². The van der Waals surface area contributed by atoms with Crippen LogP contribution in [0.5, 0.6) is 0 Å². The maximum absolute atomic E-state index is 6.21. The predicted octanol–water partition coefficient (Wildman–Crippen LogP) is 3.08. The number of hydrogen-bond donors (Lipinski definition) is 1. The summed E-state index contributed by atoms with van der Waals surface area (Å²) in [5.41, 5.74) is 0.869. The van der Waals surface area contributed by atoms with E-state index in [0.29, 0.717) is 16.0 Å². The highest BCUT2D eigenvalue weighted by Crippen LogP contribution is 2.32. The summed E-state index contributed by atoms with van der Waals surface area (Å²) in [6.07, 6.45) is 2.68. The molecule has 2 atom stereocenters. The van der Waals surface area contributed by atoms with Crippen LogP contribution in [0.15, 0.2) is 12.3 Å². The fraction of sp³-hybridized carbons (Fsp3) is 0.583. The van der Waals surface area contributed by atoms with Gasteiger partial charge in [0.1, 0.15) is 0 Å². The van der Waals surface area contributed by atoms with Crippen LogP contribution in [-0.2, 0) is 4.74 Å². The molecule has 0 radical (unpaired) electrons. The molecular weight excluding hydrogens is 259 g/mol. The molecule has 2 heterocycles. The Morgan fingerprint density at radius 2 is 2.41 bits per heavy atom. The number of rotatable bonds is 4. The normalized spacial score (nSPS) is 21.7. The maximum atomic E-state index is 6.21. The Morgan fingerprint density at radius 1 is 1.59 bits per heavy atom. The van der Waals surface area contributed by atoms with Crippen LogP contribution in [0.25, 0.3) is 0 Å². The van der Waals surface area contributed by atoms with Gasteiger partial charge in [0.15, 0.2) is 0 Å². The third-order valence-corrected chi connectivity index (χ3v) is 3.50. The SMILES string of the molecule is CCNC(c1ncc(Cl)cc1Cl)C1CCOC1. The van der Waals surface area contributed by atoms with Gasteiger partial charge in [-0.1, -0.05) is 30.1 Å². The third-order valence-electron chi connectivity index (χ3n) is 2.99. The lowest BCUT2D eigenvalue weighted by Gasteiger charge is -2.23. The van der Waals surface area contributed by atoms with E-state index in [9.17, 15) is 0 Å². The minimum Gasteiger partial charge on any atom is -0.381 e. The summed E-state index contributed by atoms with van der Waals surface area (Å²) in [6.45, 7) is 4.53. The van der Waals surface area contributed by atoms with Crippen LogP contribution in [0, 0.1) is 5.92 Å². The summed E-state index contributed by atoms with van der Waals surface area (Å²) in [6, 6.07) is 1.89. The summed E-state index contributed by atoms with van der Waals surface area (Å²) in [7, 11) is 0. The molecule has 1 N–H and O–H groups in total. The summed E-state index contributed by atoms with van der Waals surface area (Å²) in [5.74, 6) is 0.432. The zero-order chi connectivity index (χ0) is 12.3. The molecule has 0 spiro atoms. The molecule has 3 nitrogen and oxygen atoms in total. The van der Waals surface area contributed by atoms with E-state index in [4.69, 9.17) is 27.9 Å². The zero-order valence-electron chi connectivity index (χ0n) is 9.75. The molecule has 0 amide bonds. The van der Waals surface area contributed by atoms with Crippen LogP contribution in [0.3, 0.4) is 0 Å². The highest BCUT2D eigenvalue weighted by atomic mass is 35.5. The van der Waals surface area contributed by atoms with Crippen molar-refractivity contribution < 1.29 is 4.74 Å². The molecular formula is C12H16Cl2N2O. The van der Waals surface area contributed by atoms with Gasteiger partial charge in [0, 0.05) is 18.7 Å². The first kappa shape index (κ1) is 13.1. The largest absolute Gasteiger partial charge is 0.381 e. The first-order valence-corrected chi connectivity index (χ1v) is 6.60. The molecule has 0 aromatic carbocycles. The van der Waals surface area contributed by atoms with Gasteiger partial charge in [0.25, 0.3) is 0 Å². The molecule has 0 saturated carbocycles. The highest BCUT2D eigenvalue weighted by Gasteiger charge is 2.28. The number of nitrogens with zero attached hydrogens (tertiary/aromatic N) is 1. The average molecular weight is 275 g/mol. The topological polar surface area (TPSA) is 34.2 Å². The Labute approximate surface area is 111 Å². The molecule has 94 valence electrons. The molecule has 2 unspecified atom stereocenters. The average Bonchev–Trinajstić information content (AvgIpc) is 2.80. The fourth-order valence-electron chi connectivity index (χ4n) is 2.18. The monoisotopic (exact) mass is 274 g/mol. The lowest BCUT2D eigenvalue weighted by atomic mass is 9.95. The molecule has 1 aromatic heterocycles. The maximum Gasteiger partial charge on any atom is 0.0763 e. The van der Waals surface area contributed by atoms with E-state index in [-0.39, 0.29) is 6.04 Å². The summed E-state index contributed by atoms with van der Waals surface area (Å²) >= 11 is 12.1. The smallest absolute Gasteiger partial charge is 0.0763 e. The summed E-state index contributed by atoms with van der Waals surface area (Å²) in [5, 5.41) is 4.62. The number of hydrogen-bond acceptors (Lipinski definition) is 3. The first-order valence-electron chi connectivity index (χ1n) is 5.84. The minimum atomic E-state index is 0.146. The van der Waals surface area contributed by atoms with Crippen LogP contribution in [-0.4, -0.2) is 24.7 Å². The second-order valence-electron chi connectivity index (χ2n) is 4.18. The van der Waals surface area contributed by atoms with Crippen LogP contribution in [0.1, 0.15) is 25.1 Å². The van der Waals surface area contributed by atoms with Gasteiger partial charge >= 0.3 is 0 Å². The van der Waals surface area contributed by atoms with Crippen molar-refractivity contribution in [3.8, 4) is 0 Å². The van der Waals surface area contributed by atoms with Gasteiger partial charge in [0.2, 0.25) is 0 Å². The standard InChI is InChI=1S/C12H16Cl2N2O/c1-2-15-11(8-3-4-17-7-8)12-10(14)5-9(13)6-16-12/h5-6,8,11,15H,2-4,7H2,1H3.